The van der Waals surface area contributed by atoms with Crippen molar-refractivity contribution in [1.29, 1.82) is 0 Å². The second-order valence-electron chi connectivity index (χ2n) is 3.43. The van der Waals surface area contributed by atoms with E-state index in [1.807, 2.05) is 14.1 Å². The van der Waals surface area contributed by atoms with Crippen LogP contribution in [0.15, 0.2) is 28.8 Å². The number of nitrogen functional groups attached to an aromatic ring is 1. The molecule has 0 aliphatic carbocycles. The maximum atomic E-state index is 5.32. The lowest BCUT2D eigenvalue weighted by molar-refractivity contribution is 0.863. The van der Waals surface area contributed by atoms with Gasteiger partial charge in [-0.25, -0.2) is 15.8 Å². The molecule has 0 aliphatic rings. The summed E-state index contributed by atoms with van der Waals surface area (Å²) in [6.45, 7) is 0. The number of rotatable bonds is 4. The van der Waals surface area contributed by atoms with Gasteiger partial charge in [0, 0.05) is 20.3 Å². The summed E-state index contributed by atoms with van der Waals surface area (Å²) in [7, 11) is 3.68. The van der Waals surface area contributed by atoms with E-state index in [0.29, 0.717) is 17.1 Å². The second-order valence-corrected chi connectivity index (χ2v) is 4.42. The lowest BCUT2D eigenvalue weighted by Gasteiger charge is -2.11. The first-order valence-corrected chi connectivity index (χ1v) is 5.84. The van der Waals surface area contributed by atoms with Crippen LogP contribution in [0, 0.1) is 0 Å². The molecule has 0 unspecified atom stereocenters. The number of hydrogen-bond acceptors (Lipinski definition) is 9. The molecule has 9 heteroatoms. The van der Waals surface area contributed by atoms with Gasteiger partial charge in [-0.15, -0.1) is 0 Å². The predicted octanol–water partition coefficient (Wildman–Crippen LogP) is 0.164. The van der Waals surface area contributed by atoms with Gasteiger partial charge < -0.3 is 4.90 Å². The van der Waals surface area contributed by atoms with Gasteiger partial charge in [-0.05, 0) is 17.8 Å². The lowest BCUT2D eigenvalue weighted by atomic mass is 10.7. The van der Waals surface area contributed by atoms with E-state index in [-0.39, 0.29) is 0 Å². The average molecular weight is 264 g/mol. The molecule has 2 rings (SSSR count). The topological polar surface area (TPSA) is 106 Å². The molecule has 0 saturated carbocycles. The highest BCUT2D eigenvalue weighted by Gasteiger charge is 2.09. The molecule has 0 aliphatic heterocycles. The summed E-state index contributed by atoms with van der Waals surface area (Å²) in [6.07, 6.45) is 3.13. The third-order valence-corrected chi connectivity index (χ3v) is 2.70. The van der Waals surface area contributed by atoms with Crippen molar-refractivity contribution < 1.29 is 0 Å². The highest BCUT2D eigenvalue weighted by molar-refractivity contribution is 7.99. The SMILES string of the molecule is CN(C)c1nc(NN)nc(Sc2ccncn2)n1. The Kier molecular flexibility index (Phi) is 3.85. The van der Waals surface area contributed by atoms with Crippen molar-refractivity contribution >= 4 is 23.7 Å². The molecule has 0 atom stereocenters. The summed E-state index contributed by atoms with van der Waals surface area (Å²) in [5, 5.41) is 1.27. The number of hydrazine groups is 1. The number of aromatic nitrogens is 5. The Morgan fingerprint density at radius 1 is 1.28 bits per heavy atom. The van der Waals surface area contributed by atoms with Crippen LogP contribution < -0.4 is 16.2 Å². The largest absolute Gasteiger partial charge is 0.347 e. The molecule has 0 bridgehead atoms. The predicted molar refractivity (Wildman–Crippen MR) is 68.1 cm³/mol. The number of hydrogen-bond donors (Lipinski definition) is 2. The smallest absolute Gasteiger partial charge is 0.242 e. The maximum Gasteiger partial charge on any atom is 0.242 e. The van der Waals surface area contributed by atoms with E-state index in [4.69, 9.17) is 5.84 Å². The third-order valence-electron chi connectivity index (χ3n) is 1.88. The lowest BCUT2D eigenvalue weighted by Crippen LogP contribution is -2.17. The Hall–Kier alpha value is -2.00. The number of anilines is 2. The van der Waals surface area contributed by atoms with Crippen molar-refractivity contribution in [3.63, 3.8) is 0 Å². The van der Waals surface area contributed by atoms with Crippen LogP contribution in [0.2, 0.25) is 0 Å². The average Bonchev–Trinajstić information content (AvgIpc) is 2.39. The molecule has 2 heterocycles. The Labute approximate surface area is 108 Å². The highest BCUT2D eigenvalue weighted by atomic mass is 32.2. The zero-order valence-corrected chi connectivity index (χ0v) is 10.7. The first-order valence-electron chi connectivity index (χ1n) is 5.03. The molecule has 2 aromatic heterocycles. The molecule has 0 aromatic carbocycles. The van der Waals surface area contributed by atoms with E-state index < -0.39 is 0 Å². The van der Waals surface area contributed by atoms with Gasteiger partial charge in [0.05, 0.1) is 0 Å². The molecular formula is C9H12N8S. The van der Waals surface area contributed by atoms with Crippen molar-refractivity contribution in [3.05, 3.63) is 18.6 Å². The summed E-state index contributed by atoms with van der Waals surface area (Å²) in [4.78, 5) is 22.3. The van der Waals surface area contributed by atoms with Crippen LogP contribution in [0.4, 0.5) is 11.9 Å². The van der Waals surface area contributed by atoms with Crippen LogP contribution in [0.25, 0.3) is 0 Å². The summed E-state index contributed by atoms with van der Waals surface area (Å²) < 4.78 is 0. The minimum Gasteiger partial charge on any atom is -0.347 e. The Morgan fingerprint density at radius 3 is 2.72 bits per heavy atom. The van der Waals surface area contributed by atoms with Gasteiger partial charge in [0.15, 0.2) is 0 Å². The minimum absolute atomic E-state index is 0.310. The van der Waals surface area contributed by atoms with Crippen LogP contribution in [0.1, 0.15) is 0 Å². The molecular weight excluding hydrogens is 252 g/mol. The van der Waals surface area contributed by atoms with Crippen molar-refractivity contribution in [2.45, 2.75) is 10.2 Å². The van der Waals surface area contributed by atoms with Crippen molar-refractivity contribution in [2.24, 2.45) is 5.84 Å². The molecule has 94 valence electrons. The fourth-order valence-corrected chi connectivity index (χ4v) is 1.76. The van der Waals surface area contributed by atoms with E-state index >= 15 is 0 Å². The zero-order chi connectivity index (χ0) is 13.0. The van der Waals surface area contributed by atoms with Gasteiger partial charge in [-0.3, -0.25) is 5.43 Å². The second kappa shape index (κ2) is 5.56. The summed E-state index contributed by atoms with van der Waals surface area (Å²) in [5.41, 5.74) is 2.41. The summed E-state index contributed by atoms with van der Waals surface area (Å²) in [5.74, 6) is 6.16. The van der Waals surface area contributed by atoms with Gasteiger partial charge >= 0.3 is 0 Å². The van der Waals surface area contributed by atoms with Gasteiger partial charge in [0.2, 0.25) is 17.1 Å². The maximum absolute atomic E-state index is 5.32. The van der Waals surface area contributed by atoms with Crippen molar-refractivity contribution in [3.8, 4) is 0 Å². The molecule has 0 radical (unpaired) electrons. The van der Waals surface area contributed by atoms with Crippen LogP contribution >= 0.6 is 11.8 Å². The van der Waals surface area contributed by atoms with Gasteiger partial charge in [0.1, 0.15) is 11.4 Å². The van der Waals surface area contributed by atoms with Crippen molar-refractivity contribution in [2.75, 3.05) is 24.4 Å². The first-order chi connectivity index (χ1) is 8.69. The fraction of sp³-hybridized carbons (Fsp3) is 0.222. The molecule has 0 spiro atoms. The van der Waals surface area contributed by atoms with Crippen LogP contribution in [-0.2, 0) is 0 Å². The van der Waals surface area contributed by atoms with E-state index in [9.17, 15) is 0 Å². The molecule has 0 fully saturated rings. The molecule has 8 nitrogen and oxygen atoms in total. The summed E-state index contributed by atoms with van der Waals surface area (Å²) in [6, 6.07) is 1.78. The molecule has 0 amide bonds. The fourth-order valence-electron chi connectivity index (χ4n) is 1.09. The number of nitrogens with one attached hydrogen (secondary N) is 1. The van der Waals surface area contributed by atoms with E-state index in [1.165, 1.54) is 18.1 Å². The highest BCUT2D eigenvalue weighted by Crippen LogP contribution is 2.23. The van der Waals surface area contributed by atoms with Crippen LogP contribution in [-0.4, -0.2) is 39.0 Å². The monoisotopic (exact) mass is 264 g/mol. The third kappa shape index (κ3) is 3.02. The molecule has 18 heavy (non-hydrogen) atoms. The molecule has 3 N–H and O–H groups in total. The number of nitrogens with two attached hydrogens (primary N) is 1. The van der Waals surface area contributed by atoms with E-state index in [1.54, 1.807) is 17.2 Å². The minimum atomic E-state index is 0.310. The Morgan fingerprint density at radius 2 is 2.11 bits per heavy atom. The van der Waals surface area contributed by atoms with Gasteiger partial charge in [-0.1, -0.05) is 0 Å². The standard InChI is InChI=1S/C9H12N8S/c1-17(2)8-13-7(16-10)14-9(15-8)18-6-3-4-11-5-12-6/h3-5H,10H2,1-2H3,(H,13,14,15,16). The Balaban J connectivity index is 2.30. The number of nitrogens with zero attached hydrogens (tertiary/aromatic N) is 6. The van der Waals surface area contributed by atoms with E-state index in [2.05, 4.69) is 30.3 Å². The summed E-state index contributed by atoms with van der Waals surface area (Å²) >= 11 is 1.31. The van der Waals surface area contributed by atoms with E-state index in [0.717, 1.165) is 5.03 Å². The quantitative estimate of drug-likeness (QED) is 0.454. The van der Waals surface area contributed by atoms with Crippen LogP contribution in [0.3, 0.4) is 0 Å². The van der Waals surface area contributed by atoms with Gasteiger partial charge in [0.25, 0.3) is 0 Å². The van der Waals surface area contributed by atoms with Crippen LogP contribution in [0.5, 0.6) is 0 Å². The molecule has 0 saturated heterocycles. The molecule has 2 aromatic rings. The van der Waals surface area contributed by atoms with Crippen molar-refractivity contribution in [1.82, 2.24) is 24.9 Å². The zero-order valence-electron chi connectivity index (χ0n) is 9.90. The van der Waals surface area contributed by atoms with Gasteiger partial charge in [-0.2, -0.15) is 15.0 Å². The first kappa shape index (κ1) is 12.5. The normalized spacial score (nSPS) is 10.2. The Bertz CT molecular complexity index is 517.